The number of carbonyl (C=O) groups is 1. The largest absolute Gasteiger partial charge is 0.493 e. The first kappa shape index (κ1) is 18.7. The molecule has 0 saturated heterocycles. The second kappa shape index (κ2) is 9.62. The van der Waals surface area contributed by atoms with Crippen LogP contribution in [0.5, 0.6) is 11.5 Å². The number of hydrogen-bond donors (Lipinski definition) is 1. The summed E-state index contributed by atoms with van der Waals surface area (Å²) < 4.78 is 15.7. The fraction of sp³-hybridized carbons (Fsp3) is 0.533. The van der Waals surface area contributed by atoms with Gasteiger partial charge in [-0.1, -0.05) is 0 Å². The first-order valence-corrected chi connectivity index (χ1v) is 7.27. The molecule has 1 amide bonds. The summed E-state index contributed by atoms with van der Waals surface area (Å²) >= 11 is 0. The molecule has 23 heavy (non-hydrogen) atoms. The zero-order chi connectivity index (χ0) is 17.2. The number of methoxy groups -OCH3 is 1. The van der Waals surface area contributed by atoms with Crippen LogP contribution in [0.3, 0.4) is 0 Å². The Kier molecular flexibility index (Phi) is 7.82. The highest BCUT2D eigenvalue weighted by Gasteiger charge is 2.13. The van der Waals surface area contributed by atoms with E-state index in [1.54, 1.807) is 0 Å². The maximum Gasteiger partial charge on any atom is 0.273 e. The third-order valence-electron chi connectivity index (χ3n) is 2.81. The van der Waals surface area contributed by atoms with Crippen LogP contribution in [0.1, 0.15) is 20.3 Å². The molecule has 0 fully saturated rings. The molecule has 1 aromatic rings. The third-order valence-corrected chi connectivity index (χ3v) is 2.81. The van der Waals surface area contributed by atoms with Gasteiger partial charge >= 0.3 is 0 Å². The summed E-state index contributed by atoms with van der Waals surface area (Å²) in [6.45, 7) is 4.68. The van der Waals surface area contributed by atoms with Crippen molar-refractivity contribution in [3.63, 3.8) is 0 Å². The highest BCUT2D eigenvalue weighted by molar-refractivity contribution is 5.77. The lowest BCUT2D eigenvalue weighted by Gasteiger charge is -2.11. The van der Waals surface area contributed by atoms with Crippen molar-refractivity contribution in [1.29, 1.82) is 0 Å². The Morgan fingerprint density at radius 2 is 2.09 bits per heavy atom. The van der Waals surface area contributed by atoms with Crippen molar-refractivity contribution < 1.29 is 23.9 Å². The molecule has 0 bridgehead atoms. The van der Waals surface area contributed by atoms with E-state index < -0.39 is 4.92 Å². The zero-order valence-corrected chi connectivity index (χ0v) is 13.5. The fourth-order valence-corrected chi connectivity index (χ4v) is 1.71. The molecule has 8 heteroatoms. The predicted octanol–water partition coefficient (Wildman–Crippen LogP) is 1.91. The summed E-state index contributed by atoms with van der Waals surface area (Å²) in [5.41, 5.74) is -0.132. The molecular formula is C15H22N2O6. The van der Waals surface area contributed by atoms with E-state index in [0.717, 1.165) is 0 Å². The van der Waals surface area contributed by atoms with E-state index in [9.17, 15) is 14.9 Å². The average molecular weight is 326 g/mol. The number of ether oxygens (including phenoxy) is 3. The lowest BCUT2D eigenvalue weighted by Crippen LogP contribution is -2.30. The van der Waals surface area contributed by atoms with Gasteiger partial charge in [-0.05, 0) is 26.3 Å². The van der Waals surface area contributed by atoms with Crippen molar-refractivity contribution in [1.82, 2.24) is 5.32 Å². The summed E-state index contributed by atoms with van der Waals surface area (Å²) in [5.74, 6) is 0.164. The molecule has 1 rings (SSSR count). The minimum Gasteiger partial charge on any atom is -0.493 e. The Morgan fingerprint density at radius 3 is 2.70 bits per heavy atom. The van der Waals surface area contributed by atoms with Crippen LogP contribution in [0.25, 0.3) is 0 Å². The van der Waals surface area contributed by atoms with Crippen molar-refractivity contribution in [3.05, 3.63) is 28.3 Å². The van der Waals surface area contributed by atoms with E-state index in [2.05, 4.69) is 5.32 Å². The SMILES string of the molecule is COc1ccc([N+](=O)[O-])cc1OCC(=O)NCCCOC(C)C. The number of benzene rings is 1. The van der Waals surface area contributed by atoms with Gasteiger partial charge in [-0.25, -0.2) is 0 Å². The minimum absolute atomic E-state index is 0.132. The molecule has 0 atom stereocenters. The molecule has 0 aromatic heterocycles. The van der Waals surface area contributed by atoms with Crippen molar-refractivity contribution in [2.75, 3.05) is 26.9 Å². The van der Waals surface area contributed by atoms with Crippen LogP contribution >= 0.6 is 0 Å². The number of nitro benzene ring substituents is 1. The summed E-state index contributed by atoms with van der Waals surface area (Å²) in [7, 11) is 1.42. The van der Waals surface area contributed by atoms with Crippen LogP contribution in [-0.4, -0.2) is 43.8 Å². The Balaban J connectivity index is 2.43. The van der Waals surface area contributed by atoms with Gasteiger partial charge in [0, 0.05) is 19.2 Å². The van der Waals surface area contributed by atoms with Gasteiger partial charge in [-0.15, -0.1) is 0 Å². The lowest BCUT2D eigenvalue weighted by molar-refractivity contribution is -0.385. The number of nitrogens with zero attached hydrogens (tertiary/aromatic N) is 1. The topological polar surface area (TPSA) is 99.9 Å². The number of amides is 1. The van der Waals surface area contributed by atoms with Crippen molar-refractivity contribution >= 4 is 11.6 Å². The Hall–Kier alpha value is -2.35. The lowest BCUT2D eigenvalue weighted by atomic mass is 10.3. The molecule has 0 aliphatic heterocycles. The van der Waals surface area contributed by atoms with E-state index in [4.69, 9.17) is 14.2 Å². The first-order chi connectivity index (χ1) is 10.9. The van der Waals surface area contributed by atoms with Crippen molar-refractivity contribution in [2.45, 2.75) is 26.4 Å². The molecule has 0 spiro atoms. The Bertz CT molecular complexity index is 533. The van der Waals surface area contributed by atoms with Gasteiger partial charge in [0.15, 0.2) is 18.1 Å². The van der Waals surface area contributed by atoms with Crippen molar-refractivity contribution in [2.24, 2.45) is 0 Å². The molecule has 8 nitrogen and oxygen atoms in total. The zero-order valence-electron chi connectivity index (χ0n) is 13.5. The van der Waals surface area contributed by atoms with E-state index in [0.29, 0.717) is 25.3 Å². The maximum atomic E-state index is 11.7. The molecule has 0 aliphatic carbocycles. The van der Waals surface area contributed by atoms with Crippen LogP contribution < -0.4 is 14.8 Å². The van der Waals surface area contributed by atoms with Gasteiger partial charge in [0.25, 0.3) is 11.6 Å². The smallest absolute Gasteiger partial charge is 0.273 e. The van der Waals surface area contributed by atoms with Gasteiger partial charge in [0.05, 0.1) is 24.2 Å². The molecule has 1 N–H and O–H groups in total. The second-order valence-electron chi connectivity index (χ2n) is 5.00. The monoisotopic (exact) mass is 326 g/mol. The standard InChI is InChI=1S/C15H22N2O6/c1-11(2)22-8-4-7-16-15(18)10-23-14-9-12(17(19)20)5-6-13(14)21-3/h5-6,9,11H,4,7-8,10H2,1-3H3,(H,16,18). The maximum absolute atomic E-state index is 11.7. The number of nitrogens with one attached hydrogen (secondary N) is 1. The molecule has 0 aliphatic rings. The van der Waals surface area contributed by atoms with Crippen LogP contribution in [-0.2, 0) is 9.53 Å². The number of rotatable bonds is 10. The Labute approximate surface area is 134 Å². The molecule has 128 valence electrons. The van der Waals surface area contributed by atoms with Gasteiger partial charge in [-0.3, -0.25) is 14.9 Å². The quantitative estimate of drug-likeness (QED) is 0.400. The van der Waals surface area contributed by atoms with E-state index in [-0.39, 0.29) is 30.1 Å². The summed E-state index contributed by atoms with van der Waals surface area (Å²) in [4.78, 5) is 21.9. The van der Waals surface area contributed by atoms with Gasteiger partial charge < -0.3 is 19.5 Å². The third kappa shape index (κ3) is 6.96. The Morgan fingerprint density at radius 1 is 1.35 bits per heavy atom. The number of hydrogen-bond acceptors (Lipinski definition) is 6. The average Bonchev–Trinajstić information content (AvgIpc) is 2.51. The molecule has 0 saturated carbocycles. The van der Waals surface area contributed by atoms with Crippen LogP contribution in [0, 0.1) is 10.1 Å². The molecule has 0 unspecified atom stereocenters. The summed E-state index contributed by atoms with van der Waals surface area (Å²) in [5, 5.41) is 13.4. The minimum atomic E-state index is -0.541. The van der Waals surface area contributed by atoms with Crippen LogP contribution in [0.2, 0.25) is 0 Å². The predicted molar refractivity (Wildman–Crippen MR) is 83.9 cm³/mol. The second-order valence-corrected chi connectivity index (χ2v) is 5.00. The fourth-order valence-electron chi connectivity index (χ4n) is 1.71. The van der Waals surface area contributed by atoms with Crippen LogP contribution in [0.15, 0.2) is 18.2 Å². The number of nitro groups is 1. The normalized spacial score (nSPS) is 10.4. The number of carbonyl (C=O) groups excluding carboxylic acids is 1. The number of non-ortho nitro benzene ring substituents is 1. The summed E-state index contributed by atoms with van der Waals surface area (Å²) in [6.07, 6.45) is 0.861. The molecule has 0 heterocycles. The molecule has 1 aromatic carbocycles. The van der Waals surface area contributed by atoms with Crippen molar-refractivity contribution in [3.8, 4) is 11.5 Å². The molecular weight excluding hydrogens is 304 g/mol. The van der Waals surface area contributed by atoms with Gasteiger partial charge in [-0.2, -0.15) is 0 Å². The molecule has 0 radical (unpaired) electrons. The van der Waals surface area contributed by atoms with Gasteiger partial charge in [0.1, 0.15) is 0 Å². The first-order valence-electron chi connectivity index (χ1n) is 7.27. The van der Waals surface area contributed by atoms with E-state index >= 15 is 0 Å². The highest BCUT2D eigenvalue weighted by Crippen LogP contribution is 2.30. The van der Waals surface area contributed by atoms with E-state index in [1.165, 1.54) is 25.3 Å². The summed E-state index contributed by atoms with van der Waals surface area (Å²) in [6, 6.07) is 3.96. The van der Waals surface area contributed by atoms with Gasteiger partial charge in [0.2, 0.25) is 0 Å². The highest BCUT2D eigenvalue weighted by atomic mass is 16.6. The van der Waals surface area contributed by atoms with Crippen LogP contribution in [0.4, 0.5) is 5.69 Å². The van der Waals surface area contributed by atoms with E-state index in [1.807, 2.05) is 13.8 Å².